The fourth-order valence-corrected chi connectivity index (χ4v) is 2.22. The molecule has 0 aliphatic heterocycles. The van der Waals surface area contributed by atoms with E-state index in [4.69, 9.17) is 26.3 Å². The largest absolute Gasteiger partial charge is 0.436 e. The molecule has 0 spiro atoms. The lowest BCUT2D eigenvalue weighted by molar-refractivity contribution is -0.119. The van der Waals surface area contributed by atoms with Crippen LogP contribution in [0.15, 0.2) is 46.9 Å². The Balaban J connectivity index is 0.000000380. The number of hydrogen-bond acceptors (Lipinski definition) is 5. The average molecular weight is 411 g/mol. The van der Waals surface area contributed by atoms with Gasteiger partial charge in [-0.1, -0.05) is 17.7 Å². The first-order valence-corrected chi connectivity index (χ1v) is 10.0. The van der Waals surface area contributed by atoms with E-state index in [9.17, 15) is 13.2 Å². The zero-order valence-corrected chi connectivity index (χ0v) is 16.3. The normalized spacial score (nSPS) is 12.3. The lowest BCUT2D eigenvalue weighted by Gasteiger charge is -2.06. The van der Waals surface area contributed by atoms with Crippen LogP contribution >= 0.6 is 11.6 Å². The molecule has 1 aromatic heterocycles. The number of carbonyl (C=O) groups excluding carboxylic acids is 1. The van der Waals surface area contributed by atoms with Gasteiger partial charge in [-0.05, 0) is 55.8 Å². The average Bonchev–Trinajstić information content (AvgIpc) is 3.04. The number of aromatic nitrogens is 1. The SMILES string of the molecule is CC(C(N)=O)c1ccc2oc(-c3ccc(Cl)cc3)nc2c1.CCS(=O)(=O)O. The predicted octanol–water partition coefficient (Wildman–Crippen LogP) is 3.63. The van der Waals surface area contributed by atoms with Crippen LogP contribution in [0.5, 0.6) is 0 Å². The second-order valence-corrected chi connectivity index (χ2v) is 7.93. The van der Waals surface area contributed by atoms with Crippen LogP contribution in [0, 0.1) is 0 Å². The summed E-state index contributed by atoms with van der Waals surface area (Å²) in [5, 5.41) is 0.660. The number of oxazole rings is 1. The number of nitrogens with two attached hydrogens (primary N) is 1. The molecule has 0 bridgehead atoms. The topological polar surface area (TPSA) is 123 Å². The molecule has 2 aromatic carbocycles. The third-order valence-corrected chi connectivity index (χ3v) is 4.78. The summed E-state index contributed by atoms with van der Waals surface area (Å²) >= 11 is 5.87. The number of benzene rings is 2. The molecule has 1 amide bonds. The minimum absolute atomic E-state index is 0.201. The molecule has 0 fully saturated rings. The minimum Gasteiger partial charge on any atom is -0.436 e. The van der Waals surface area contributed by atoms with Gasteiger partial charge in [-0.3, -0.25) is 9.35 Å². The Morgan fingerprint density at radius 3 is 2.37 bits per heavy atom. The lowest BCUT2D eigenvalue weighted by atomic mass is 10.0. The summed E-state index contributed by atoms with van der Waals surface area (Å²) in [6, 6.07) is 12.7. The van der Waals surface area contributed by atoms with E-state index in [2.05, 4.69) is 4.98 Å². The molecule has 3 rings (SSSR count). The maximum absolute atomic E-state index is 11.3. The van der Waals surface area contributed by atoms with Crippen molar-refractivity contribution in [2.75, 3.05) is 5.75 Å². The van der Waals surface area contributed by atoms with Crippen molar-refractivity contribution >= 4 is 38.7 Å². The summed E-state index contributed by atoms with van der Waals surface area (Å²) in [6.45, 7) is 3.14. The van der Waals surface area contributed by atoms with Crippen LogP contribution in [0.4, 0.5) is 0 Å². The maximum Gasteiger partial charge on any atom is 0.264 e. The summed E-state index contributed by atoms with van der Waals surface area (Å²) in [4.78, 5) is 15.7. The van der Waals surface area contributed by atoms with Gasteiger partial charge in [-0.2, -0.15) is 8.42 Å². The Hall–Kier alpha value is -2.42. The molecule has 3 aromatic rings. The monoisotopic (exact) mass is 410 g/mol. The molecule has 1 unspecified atom stereocenters. The summed E-state index contributed by atoms with van der Waals surface area (Å²) in [5.41, 5.74) is 8.37. The van der Waals surface area contributed by atoms with E-state index >= 15 is 0 Å². The van der Waals surface area contributed by atoms with Gasteiger partial charge in [-0.25, -0.2) is 4.98 Å². The lowest BCUT2D eigenvalue weighted by Crippen LogP contribution is -2.18. The highest BCUT2D eigenvalue weighted by atomic mass is 35.5. The fraction of sp³-hybridized carbons (Fsp3) is 0.222. The van der Waals surface area contributed by atoms with E-state index in [-0.39, 0.29) is 17.6 Å². The van der Waals surface area contributed by atoms with Crippen LogP contribution in [-0.2, 0) is 14.9 Å². The van der Waals surface area contributed by atoms with Gasteiger partial charge in [0.05, 0.1) is 11.7 Å². The number of rotatable bonds is 4. The molecule has 3 N–H and O–H groups in total. The third kappa shape index (κ3) is 5.78. The molecule has 0 saturated heterocycles. The van der Waals surface area contributed by atoms with Crippen molar-refractivity contribution in [3.63, 3.8) is 0 Å². The fourth-order valence-electron chi connectivity index (χ4n) is 2.09. The number of carbonyl (C=O) groups is 1. The molecule has 0 aliphatic rings. The number of amides is 1. The zero-order valence-electron chi connectivity index (χ0n) is 14.7. The third-order valence-electron chi connectivity index (χ3n) is 3.79. The Bertz CT molecular complexity index is 1050. The Labute approximate surface area is 161 Å². The molecular weight excluding hydrogens is 392 g/mol. The van der Waals surface area contributed by atoms with Gasteiger partial charge < -0.3 is 10.2 Å². The second-order valence-electron chi connectivity index (χ2n) is 5.75. The van der Waals surface area contributed by atoms with Crippen molar-refractivity contribution < 1.29 is 22.2 Å². The molecule has 1 heterocycles. The van der Waals surface area contributed by atoms with Crippen molar-refractivity contribution in [1.29, 1.82) is 0 Å². The van der Waals surface area contributed by atoms with Crippen molar-refractivity contribution in [3.05, 3.63) is 53.1 Å². The van der Waals surface area contributed by atoms with E-state index in [1.165, 1.54) is 6.92 Å². The van der Waals surface area contributed by atoms with E-state index in [1.807, 2.05) is 24.3 Å². The highest BCUT2D eigenvalue weighted by Crippen LogP contribution is 2.27. The van der Waals surface area contributed by atoms with Gasteiger partial charge in [-0.15, -0.1) is 0 Å². The van der Waals surface area contributed by atoms with E-state index in [0.717, 1.165) is 11.1 Å². The predicted molar refractivity (Wildman–Crippen MR) is 104 cm³/mol. The van der Waals surface area contributed by atoms with E-state index < -0.39 is 10.1 Å². The van der Waals surface area contributed by atoms with Crippen LogP contribution in [0.2, 0.25) is 5.02 Å². The summed E-state index contributed by atoms with van der Waals surface area (Å²) in [5.74, 6) is -0.404. The van der Waals surface area contributed by atoms with Crippen molar-refractivity contribution in [2.24, 2.45) is 5.73 Å². The zero-order chi connectivity index (χ0) is 20.2. The van der Waals surface area contributed by atoms with Crippen LogP contribution < -0.4 is 5.73 Å². The summed E-state index contributed by atoms with van der Waals surface area (Å²) < 4.78 is 32.6. The van der Waals surface area contributed by atoms with Gasteiger partial charge in [0, 0.05) is 10.6 Å². The first-order chi connectivity index (χ1) is 12.6. The smallest absolute Gasteiger partial charge is 0.264 e. The van der Waals surface area contributed by atoms with Crippen LogP contribution in [-0.4, -0.2) is 29.6 Å². The van der Waals surface area contributed by atoms with Crippen LogP contribution in [0.3, 0.4) is 0 Å². The van der Waals surface area contributed by atoms with Gasteiger partial charge in [0.15, 0.2) is 5.58 Å². The van der Waals surface area contributed by atoms with Crippen molar-refractivity contribution in [2.45, 2.75) is 19.8 Å². The molecule has 0 saturated carbocycles. The minimum atomic E-state index is -3.66. The highest BCUT2D eigenvalue weighted by molar-refractivity contribution is 7.85. The molecule has 0 radical (unpaired) electrons. The highest BCUT2D eigenvalue weighted by Gasteiger charge is 2.14. The van der Waals surface area contributed by atoms with Gasteiger partial charge in [0.2, 0.25) is 11.8 Å². The number of fused-ring (bicyclic) bond motifs is 1. The maximum atomic E-state index is 11.3. The molecule has 1 atom stereocenters. The number of nitrogens with zero attached hydrogens (tertiary/aromatic N) is 1. The summed E-state index contributed by atoms with van der Waals surface area (Å²) in [7, 11) is -3.66. The quantitative estimate of drug-likeness (QED) is 0.633. The van der Waals surface area contributed by atoms with E-state index in [0.29, 0.717) is 22.0 Å². The first kappa shape index (κ1) is 20.9. The number of hydrogen-bond donors (Lipinski definition) is 2. The van der Waals surface area contributed by atoms with Crippen LogP contribution in [0.25, 0.3) is 22.6 Å². The molecule has 9 heteroatoms. The molecule has 144 valence electrons. The van der Waals surface area contributed by atoms with E-state index in [1.54, 1.807) is 25.1 Å². The molecular formula is C18H19ClN2O5S. The standard InChI is InChI=1S/C16H13ClN2O2.C2H6O3S/c1-9(15(18)20)11-4-7-14-13(8-11)19-16(21-14)10-2-5-12(17)6-3-10;1-2-6(3,4)5/h2-9H,1H3,(H2,18,20);2H2,1H3,(H,3,4,5). The second kappa shape index (κ2) is 8.51. The van der Waals surface area contributed by atoms with Crippen molar-refractivity contribution in [3.8, 4) is 11.5 Å². The number of primary amides is 1. The van der Waals surface area contributed by atoms with Gasteiger partial charge >= 0.3 is 0 Å². The molecule has 7 nitrogen and oxygen atoms in total. The Kier molecular flexibility index (Phi) is 6.59. The number of halogens is 1. The Morgan fingerprint density at radius 2 is 1.85 bits per heavy atom. The van der Waals surface area contributed by atoms with Crippen molar-refractivity contribution in [1.82, 2.24) is 4.98 Å². The first-order valence-electron chi connectivity index (χ1n) is 8.01. The van der Waals surface area contributed by atoms with Gasteiger partial charge in [0.1, 0.15) is 5.52 Å². The molecule has 27 heavy (non-hydrogen) atoms. The Morgan fingerprint density at radius 1 is 1.26 bits per heavy atom. The molecule has 0 aliphatic carbocycles. The van der Waals surface area contributed by atoms with Crippen LogP contribution in [0.1, 0.15) is 25.3 Å². The van der Waals surface area contributed by atoms with Gasteiger partial charge in [0.25, 0.3) is 10.1 Å². The summed E-state index contributed by atoms with van der Waals surface area (Å²) in [6.07, 6.45) is 0.